The van der Waals surface area contributed by atoms with Gasteiger partial charge in [-0.25, -0.2) is 0 Å². The Balaban J connectivity index is 2.25. The number of hydrogen-bond donors (Lipinski definition) is 0. The van der Waals surface area contributed by atoms with Crippen molar-refractivity contribution in [2.45, 2.75) is 20.3 Å². The van der Waals surface area contributed by atoms with Gasteiger partial charge in [-0.05, 0) is 51.6 Å². The Hall–Kier alpha value is -2.60. The second-order valence-corrected chi connectivity index (χ2v) is 6.17. The van der Waals surface area contributed by atoms with E-state index in [0.29, 0.717) is 0 Å². The summed E-state index contributed by atoms with van der Waals surface area (Å²) in [4.78, 5) is 0. The number of aryl methyl sites for hydroxylation is 2. The number of fused-ring (bicyclic) bond motifs is 2. The van der Waals surface area contributed by atoms with Crippen molar-refractivity contribution in [3.8, 4) is 11.1 Å². The fraction of sp³-hybridized carbons (Fsp3) is 0.130. The van der Waals surface area contributed by atoms with E-state index in [4.69, 9.17) is 0 Å². The average Bonchev–Trinajstić information content (AvgIpc) is 2.59. The molecule has 0 heteroatoms. The van der Waals surface area contributed by atoms with Gasteiger partial charge >= 0.3 is 0 Å². The molecule has 0 aliphatic heterocycles. The Kier molecular flexibility index (Phi) is 3.38. The van der Waals surface area contributed by atoms with Crippen LogP contribution in [0.25, 0.3) is 32.7 Å². The average molecular weight is 296 g/mol. The van der Waals surface area contributed by atoms with Gasteiger partial charge in [-0.2, -0.15) is 0 Å². The highest BCUT2D eigenvalue weighted by Crippen LogP contribution is 2.39. The standard InChI is InChI=1S/C23H20/c1-3-18-19-11-4-6-13-21(19)23(17-10-8-9-16(2)15-17)22-14-7-5-12-20(18)22/h4-15H,3H2,1-2H3. The van der Waals surface area contributed by atoms with E-state index in [-0.39, 0.29) is 0 Å². The van der Waals surface area contributed by atoms with Crippen LogP contribution >= 0.6 is 0 Å². The van der Waals surface area contributed by atoms with Gasteiger partial charge in [0, 0.05) is 0 Å². The van der Waals surface area contributed by atoms with E-state index in [2.05, 4.69) is 86.6 Å². The van der Waals surface area contributed by atoms with Crippen molar-refractivity contribution < 1.29 is 0 Å². The molecule has 0 aliphatic carbocycles. The molecule has 0 nitrogen and oxygen atoms in total. The molecule has 0 radical (unpaired) electrons. The molecule has 4 aromatic carbocycles. The van der Waals surface area contributed by atoms with E-state index in [0.717, 1.165) is 6.42 Å². The van der Waals surface area contributed by atoms with Crippen LogP contribution in [-0.4, -0.2) is 0 Å². The van der Waals surface area contributed by atoms with Crippen LogP contribution in [0.15, 0.2) is 72.8 Å². The SMILES string of the molecule is CCc1c2ccccc2c(-c2cccc(C)c2)c2ccccc12. The minimum Gasteiger partial charge on any atom is -0.0616 e. The number of rotatable bonds is 2. The Morgan fingerprint density at radius 3 is 1.74 bits per heavy atom. The molecule has 0 bridgehead atoms. The van der Waals surface area contributed by atoms with E-state index < -0.39 is 0 Å². The fourth-order valence-electron chi connectivity index (χ4n) is 3.71. The molecule has 0 aromatic heterocycles. The maximum Gasteiger partial charge on any atom is -0.00265 e. The lowest BCUT2D eigenvalue weighted by Gasteiger charge is -2.16. The van der Waals surface area contributed by atoms with E-state index in [1.165, 1.54) is 43.8 Å². The van der Waals surface area contributed by atoms with E-state index >= 15 is 0 Å². The minimum absolute atomic E-state index is 1.05. The third kappa shape index (κ3) is 2.22. The van der Waals surface area contributed by atoms with Crippen molar-refractivity contribution in [2.75, 3.05) is 0 Å². The lowest BCUT2D eigenvalue weighted by Crippen LogP contribution is -1.92. The quantitative estimate of drug-likeness (QED) is 0.369. The predicted octanol–water partition coefficient (Wildman–Crippen LogP) is 6.53. The summed E-state index contributed by atoms with van der Waals surface area (Å²) in [5.41, 5.74) is 5.42. The minimum atomic E-state index is 1.05. The first-order valence-electron chi connectivity index (χ1n) is 8.29. The molecule has 0 saturated carbocycles. The maximum atomic E-state index is 2.29. The molecular weight excluding hydrogens is 276 g/mol. The van der Waals surface area contributed by atoms with E-state index in [1.54, 1.807) is 0 Å². The number of hydrogen-bond acceptors (Lipinski definition) is 0. The highest BCUT2D eigenvalue weighted by atomic mass is 14.2. The Morgan fingerprint density at radius 1 is 0.652 bits per heavy atom. The van der Waals surface area contributed by atoms with E-state index in [9.17, 15) is 0 Å². The Morgan fingerprint density at radius 2 is 1.22 bits per heavy atom. The fourth-order valence-corrected chi connectivity index (χ4v) is 3.71. The Labute approximate surface area is 137 Å². The normalized spacial score (nSPS) is 11.2. The summed E-state index contributed by atoms with van der Waals surface area (Å²) in [7, 11) is 0. The first kappa shape index (κ1) is 14.0. The molecule has 0 fully saturated rings. The summed E-state index contributed by atoms with van der Waals surface area (Å²) in [6.45, 7) is 4.41. The summed E-state index contributed by atoms with van der Waals surface area (Å²) in [6, 6.07) is 26.5. The summed E-state index contributed by atoms with van der Waals surface area (Å²) < 4.78 is 0. The van der Waals surface area contributed by atoms with Gasteiger partial charge in [0.15, 0.2) is 0 Å². The van der Waals surface area contributed by atoms with Crippen molar-refractivity contribution >= 4 is 21.5 Å². The summed E-state index contributed by atoms with van der Waals surface area (Å²) in [6.07, 6.45) is 1.05. The molecule has 0 N–H and O–H groups in total. The zero-order valence-electron chi connectivity index (χ0n) is 13.6. The van der Waals surface area contributed by atoms with Crippen LogP contribution in [0.2, 0.25) is 0 Å². The second kappa shape index (κ2) is 5.55. The van der Waals surface area contributed by atoms with Gasteiger partial charge in [0.05, 0.1) is 0 Å². The molecule has 4 rings (SSSR count). The van der Waals surface area contributed by atoms with Crippen LogP contribution < -0.4 is 0 Å². The predicted molar refractivity (Wildman–Crippen MR) is 101 cm³/mol. The summed E-state index contributed by atoms with van der Waals surface area (Å²) >= 11 is 0. The molecule has 0 spiro atoms. The first-order chi connectivity index (χ1) is 11.3. The largest absolute Gasteiger partial charge is 0.0616 e. The highest BCUT2D eigenvalue weighted by Gasteiger charge is 2.13. The molecule has 23 heavy (non-hydrogen) atoms. The molecular formula is C23H20. The van der Waals surface area contributed by atoms with Gasteiger partial charge in [-0.3, -0.25) is 0 Å². The van der Waals surface area contributed by atoms with Crippen molar-refractivity contribution in [1.29, 1.82) is 0 Å². The first-order valence-corrected chi connectivity index (χ1v) is 8.29. The lowest BCUT2D eigenvalue weighted by molar-refractivity contribution is 1.18. The van der Waals surface area contributed by atoms with Gasteiger partial charge in [-0.15, -0.1) is 0 Å². The molecule has 0 amide bonds. The van der Waals surface area contributed by atoms with Crippen molar-refractivity contribution in [2.24, 2.45) is 0 Å². The van der Waals surface area contributed by atoms with Gasteiger partial charge in [0.25, 0.3) is 0 Å². The summed E-state index contributed by atoms with van der Waals surface area (Å²) in [5.74, 6) is 0. The third-order valence-corrected chi connectivity index (χ3v) is 4.70. The van der Waals surface area contributed by atoms with Crippen LogP contribution in [-0.2, 0) is 6.42 Å². The van der Waals surface area contributed by atoms with Gasteiger partial charge in [0.2, 0.25) is 0 Å². The summed E-state index contributed by atoms with van der Waals surface area (Å²) in [5, 5.41) is 5.47. The molecule has 112 valence electrons. The molecule has 0 atom stereocenters. The van der Waals surface area contributed by atoms with Crippen LogP contribution in [0.5, 0.6) is 0 Å². The van der Waals surface area contributed by atoms with Crippen LogP contribution in [0, 0.1) is 6.92 Å². The van der Waals surface area contributed by atoms with E-state index in [1.807, 2.05) is 0 Å². The molecule has 0 saturated heterocycles. The maximum absolute atomic E-state index is 2.29. The third-order valence-electron chi connectivity index (χ3n) is 4.70. The van der Waals surface area contributed by atoms with Crippen molar-refractivity contribution in [1.82, 2.24) is 0 Å². The topological polar surface area (TPSA) is 0 Å². The van der Waals surface area contributed by atoms with Crippen molar-refractivity contribution in [3.05, 3.63) is 83.9 Å². The molecule has 0 heterocycles. The number of benzene rings is 4. The smallest absolute Gasteiger partial charge is 0.00265 e. The molecule has 4 aromatic rings. The zero-order valence-corrected chi connectivity index (χ0v) is 13.6. The molecule has 0 unspecified atom stereocenters. The van der Waals surface area contributed by atoms with Gasteiger partial charge < -0.3 is 0 Å². The highest BCUT2D eigenvalue weighted by molar-refractivity contribution is 6.15. The monoisotopic (exact) mass is 296 g/mol. The Bertz CT molecular complexity index is 952. The van der Waals surface area contributed by atoms with Crippen LogP contribution in [0.4, 0.5) is 0 Å². The second-order valence-electron chi connectivity index (χ2n) is 6.17. The zero-order chi connectivity index (χ0) is 15.8. The van der Waals surface area contributed by atoms with Gasteiger partial charge in [-0.1, -0.05) is 85.3 Å². The van der Waals surface area contributed by atoms with Crippen LogP contribution in [0.1, 0.15) is 18.1 Å². The van der Waals surface area contributed by atoms with Crippen molar-refractivity contribution in [3.63, 3.8) is 0 Å². The van der Waals surface area contributed by atoms with Crippen LogP contribution in [0.3, 0.4) is 0 Å². The molecule has 0 aliphatic rings. The lowest BCUT2D eigenvalue weighted by atomic mass is 9.87. The van der Waals surface area contributed by atoms with Gasteiger partial charge in [0.1, 0.15) is 0 Å².